The van der Waals surface area contributed by atoms with Gasteiger partial charge in [-0.3, -0.25) is 4.79 Å². The lowest BCUT2D eigenvalue weighted by molar-refractivity contribution is -0.151. The van der Waals surface area contributed by atoms with Crippen LogP contribution in [-0.4, -0.2) is 38.9 Å². The first kappa shape index (κ1) is 10.9. The predicted octanol–water partition coefficient (Wildman–Crippen LogP) is 0.564. The number of ether oxygens (including phenoxy) is 2. The largest absolute Gasteiger partial charge is 0.469 e. The van der Waals surface area contributed by atoms with E-state index in [1.54, 1.807) is 0 Å². The molecule has 3 atom stereocenters. The van der Waals surface area contributed by atoms with E-state index < -0.39 is 0 Å². The van der Waals surface area contributed by atoms with Crippen LogP contribution in [0.4, 0.5) is 0 Å². The van der Waals surface area contributed by atoms with Crippen molar-refractivity contribution in [2.75, 3.05) is 26.8 Å². The molecule has 0 spiro atoms. The van der Waals surface area contributed by atoms with E-state index in [2.05, 4.69) is 12.2 Å². The molecular formula is C11H19NO3. The summed E-state index contributed by atoms with van der Waals surface area (Å²) in [5.74, 6) is -0.177. The molecule has 4 nitrogen and oxygen atoms in total. The second-order valence-electron chi connectivity index (χ2n) is 4.71. The summed E-state index contributed by atoms with van der Waals surface area (Å²) in [7, 11) is 1.45. The Morgan fingerprint density at radius 1 is 1.60 bits per heavy atom. The second kappa shape index (κ2) is 4.10. The van der Waals surface area contributed by atoms with Crippen molar-refractivity contribution in [3.05, 3.63) is 0 Å². The zero-order chi connectivity index (χ0) is 10.9. The van der Waals surface area contributed by atoms with E-state index in [9.17, 15) is 4.79 Å². The summed E-state index contributed by atoms with van der Waals surface area (Å²) in [6.45, 7) is 4.51. The van der Waals surface area contributed by atoms with Crippen molar-refractivity contribution < 1.29 is 14.3 Å². The molecule has 2 rings (SSSR count). The van der Waals surface area contributed by atoms with Gasteiger partial charge in [0.05, 0.1) is 19.1 Å². The summed E-state index contributed by atoms with van der Waals surface area (Å²) in [6, 6.07) is 0. The lowest BCUT2D eigenvalue weighted by Gasteiger charge is -2.34. The van der Waals surface area contributed by atoms with Crippen molar-refractivity contribution >= 4 is 5.97 Å². The molecule has 4 heteroatoms. The lowest BCUT2D eigenvalue weighted by atomic mass is 9.74. The summed E-state index contributed by atoms with van der Waals surface area (Å²) < 4.78 is 10.6. The molecule has 2 saturated heterocycles. The topological polar surface area (TPSA) is 47.6 Å². The van der Waals surface area contributed by atoms with Crippen LogP contribution in [0, 0.1) is 11.3 Å². The fourth-order valence-electron chi connectivity index (χ4n) is 2.77. The highest BCUT2D eigenvalue weighted by molar-refractivity contribution is 5.74. The molecular weight excluding hydrogens is 194 g/mol. The van der Waals surface area contributed by atoms with Crippen molar-refractivity contribution in [3.63, 3.8) is 0 Å². The number of hydrogen-bond donors (Lipinski definition) is 1. The van der Waals surface area contributed by atoms with Crippen LogP contribution in [0.25, 0.3) is 0 Å². The van der Waals surface area contributed by atoms with Crippen LogP contribution in [0.3, 0.4) is 0 Å². The second-order valence-corrected chi connectivity index (χ2v) is 4.71. The molecule has 0 aromatic heterocycles. The molecule has 0 bridgehead atoms. The fraction of sp³-hybridized carbons (Fsp3) is 0.909. The molecule has 2 aliphatic rings. The van der Waals surface area contributed by atoms with Crippen molar-refractivity contribution in [2.45, 2.75) is 25.9 Å². The highest BCUT2D eigenvalue weighted by Crippen LogP contribution is 2.40. The van der Waals surface area contributed by atoms with Gasteiger partial charge in [-0.15, -0.1) is 0 Å². The molecule has 0 aromatic carbocycles. The van der Waals surface area contributed by atoms with Crippen LogP contribution in [0.5, 0.6) is 0 Å². The van der Waals surface area contributed by atoms with E-state index in [1.807, 2.05) is 0 Å². The molecule has 1 N–H and O–H groups in total. The minimum absolute atomic E-state index is 0.0643. The first-order chi connectivity index (χ1) is 7.18. The van der Waals surface area contributed by atoms with E-state index >= 15 is 0 Å². The van der Waals surface area contributed by atoms with Crippen molar-refractivity contribution in [2.24, 2.45) is 11.3 Å². The van der Waals surface area contributed by atoms with E-state index in [4.69, 9.17) is 9.47 Å². The SMILES string of the molecule is COC(=O)C1CNCC1(C)C1CCCO1. The molecule has 2 fully saturated rings. The smallest absolute Gasteiger partial charge is 0.310 e. The summed E-state index contributed by atoms with van der Waals surface area (Å²) in [4.78, 5) is 11.7. The van der Waals surface area contributed by atoms with Gasteiger partial charge < -0.3 is 14.8 Å². The van der Waals surface area contributed by atoms with Crippen LogP contribution in [-0.2, 0) is 14.3 Å². The van der Waals surface area contributed by atoms with Gasteiger partial charge >= 0.3 is 5.97 Å². The molecule has 2 heterocycles. The summed E-state index contributed by atoms with van der Waals surface area (Å²) in [5, 5.41) is 3.27. The first-order valence-corrected chi connectivity index (χ1v) is 5.58. The number of esters is 1. The average Bonchev–Trinajstić information content (AvgIpc) is 2.85. The maximum atomic E-state index is 11.7. The van der Waals surface area contributed by atoms with Gasteiger partial charge in [0.2, 0.25) is 0 Å². The lowest BCUT2D eigenvalue weighted by Crippen LogP contribution is -2.42. The third kappa shape index (κ3) is 1.76. The standard InChI is InChI=1S/C11H19NO3/c1-11(9-4-3-5-15-9)7-12-6-8(11)10(13)14-2/h8-9,12H,3-7H2,1-2H3. The van der Waals surface area contributed by atoms with Gasteiger partial charge in [-0.1, -0.05) is 6.92 Å². The normalized spacial score (nSPS) is 40.7. The molecule has 0 aliphatic carbocycles. The number of hydrogen-bond acceptors (Lipinski definition) is 4. The Balaban J connectivity index is 2.13. The Morgan fingerprint density at radius 3 is 3.00 bits per heavy atom. The van der Waals surface area contributed by atoms with Crippen LogP contribution < -0.4 is 5.32 Å². The number of rotatable bonds is 2. The van der Waals surface area contributed by atoms with Crippen molar-refractivity contribution in [1.29, 1.82) is 0 Å². The predicted molar refractivity (Wildman–Crippen MR) is 55.5 cm³/mol. The quantitative estimate of drug-likeness (QED) is 0.681. The molecule has 2 aliphatic heterocycles. The third-order valence-electron chi connectivity index (χ3n) is 3.80. The fourth-order valence-corrected chi connectivity index (χ4v) is 2.77. The summed E-state index contributed by atoms with van der Waals surface area (Å²) in [5.41, 5.74) is -0.0937. The van der Waals surface area contributed by atoms with Crippen LogP contribution in [0.15, 0.2) is 0 Å². The van der Waals surface area contributed by atoms with Gasteiger partial charge in [0.15, 0.2) is 0 Å². The molecule has 15 heavy (non-hydrogen) atoms. The monoisotopic (exact) mass is 213 g/mol. The Hall–Kier alpha value is -0.610. The minimum atomic E-state index is -0.113. The van der Waals surface area contributed by atoms with Crippen molar-refractivity contribution in [1.82, 2.24) is 5.32 Å². The Morgan fingerprint density at radius 2 is 2.40 bits per heavy atom. The van der Waals surface area contributed by atoms with Crippen molar-refractivity contribution in [3.8, 4) is 0 Å². The first-order valence-electron chi connectivity index (χ1n) is 5.58. The summed E-state index contributed by atoms with van der Waals surface area (Å²) >= 11 is 0. The number of methoxy groups -OCH3 is 1. The number of carbonyl (C=O) groups excluding carboxylic acids is 1. The van der Waals surface area contributed by atoms with E-state index in [-0.39, 0.29) is 23.4 Å². The minimum Gasteiger partial charge on any atom is -0.469 e. The van der Waals surface area contributed by atoms with Gasteiger partial charge in [0, 0.05) is 25.1 Å². The van der Waals surface area contributed by atoms with E-state index in [0.717, 1.165) is 26.0 Å². The molecule has 0 radical (unpaired) electrons. The Labute approximate surface area is 90.3 Å². The summed E-state index contributed by atoms with van der Waals surface area (Å²) in [6.07, 6.45) is 2.37. The number of nitrogens with one attached hydrogen (secondary N) is 1. The van der Waals surface area contributed by atoms with Gasteiger partial charge in [-0.25, -0.2) is 0 Å². The molecule has 0 amide bonds. The maximum absolute atomic E-state index is 11.7. The highest BCUT2D eigenvalue weighted by Gasteiger charge is 2.50. The number of carbonyl (C=O) groups is 1. The van der Waals surface area contributed by atoms with E-state index in [0.29, 0.717) is 6.54 Å². The average molecular weight is 213 g/mol. The van der Waals surface area contributed by atoms with Gasteiger partial charge in [-0.2, -0.15) is 0 Å². The Bertz CT molecular complexity index is 250. The zero-order valence-electron chi connectivity index (χ0n) is 9.41. The van der Waals surface area contributed by atoms with Gasteiger partial charge in [-0.05, 0) is 12.8 Å². The van der Waals surface area contributed by atoms with Gasteiger partial charge in [0.1, 0.15) is 0 Å². The molecule has 3 unspecified atom stereocenters. The molecule has 0 aromatic rings. The van der Waals surface area contributed by atoms with Crippen LogP contribution in [0.1, 0.15) is 19.8 Å². The molecule has 86 valence electrons. The van der Waals surface area contributed by atoms with Crippen LogP contribution in [0.2, 0.25) is 0 Å². The highest BCUT2D eigenvalue weighted by atomic mass is 16.5. The molecule has 0 saturated carbocycles. The maximum Gasteiger partial charge on any atom is 0.310 e. The van der Waals surface area contributed by atoms with E-state index in [1.165, 1.54) is 7.11 Å². The van der Waals surface area contributed by atoms with Gasteiger partial charge in [0.25, 0.3) is 0 Å². The zero-order valence-corrected chi connectivity index (χ0v) is 9.41. The Kier molecular flexibility index (Phi) is 2.98. The third-order valence-corrected chi connectivity index (χ3v) is 3.80. The van der Waals surface area contributed by atoms with Crippen LogP contribution >= 0.6 is 0 Å².